The summed E-state index contributed by atoms with van der Waals surface area (Å²) in [6, 6.07) is 9.83. The first-order chi connectivity index (χ1) is 18.9. The molecule has 2 heterocycles. The lowest BCUT2D eigenvalue weighted by Crippen LogP contribution is -2.50. The summed E-state index contributed by atoms with van der Waals surface area (Å²) >= 11 is 1.53. The minimum atomic E-state index is -2.26. The molecule has 230 valence electrons. The van der Waals surface area contributed by atoms with E-state index in [-0.39, 0.29) is 28.7 Å². The Kier molecular flexibility index (Phi) is 10.8. The number of nitrogens with zero attached hydrogens (tertiary/aromatic N) is 1. The lowest BCUT2D eigenvalue weighted by Gasteiger charge is -2.41. The van der Waals surface area contributed by atoms with E-state index in [2.05, 4.69) is 72.7 Å². The van der Waals surface area contributed by atoms with E-state index in [9.17, 15) is 14.7 Å². The molecule has 1 saturated heterocycles. The number of aromatic nitrogens is 2. The smallest absolute Gasteiger partial charge is 0.330 e. The maximum absolute atomic E-state index is 13.2. The van der Waals surface area contributed by atoms with Crippen LogP contribution in [0.15, 0.2) is 51.0 Å². The van der Waals surface area contributed by atoms with Crippen LogP contribution in [-0.2, 0) is 19.3 Å². The summed E-state index contributed by atoms with van der Waals surface area (Å²) in [6.45, 7) is 22.2. The Labute approximate surface area is 251 Å². The Morgan fingerprint density at radius 1 is 1.00 bits per heavy atom. The number of hydrogen-bond acceptors (Lipinski definition) is 7. The fourth-order valence-corrected chi connectivity index (χ4v) is 7.59. The number of thioether (sulfide) groups is 1. The number of ether oxygens (including phenoxy) is 1. The van der Waals surface area contributed by atoms with E-state index < -0.39 is 40.2 Å². The van der Waals surface area contributed by atoms with Crippen LogP contribution in [0.5, 0.6) is 0 Å². The molecular weight excluding hydrogens is 573 g/mol. The molecule has 1 aliphatic rings. The van der Waals surface area contributed by atoms with E-state index >= 15 is 0 Å². The molecule has 2 aromatic rings. The fourth-order valence-electron chi connectivity index (χ4n) is 4.34. The third kappa shape index (κ3) is 8.13. The summed E-state index contributed by atoms with van der Waals surface area (Å²) in [5.41, 5.74) is -0.459. The number of aliphatic hydroxyl groups is 1. The molecule has 0 saturated carbocycles. The molecule has 0 bridgehead atoms. The van der Waals surface area contributed by atoms with Gasteiger partial charge < -0.3 is 18.7 Å². The zero-order valence-electron chi connectivity index (χ0n) is 26.4. The topological polar surface area (TPSA) is 103 Å². The van der Waals surface area contributed by atoms with Gasteiger partial charge in [-0.2, -0.15) is 0 Å². The average Bonchev–Trinajstić information content (AvgIpc) is 3.18. The van der Waals surface area contributed by atoms with E-state index in [1.807, 2.05) is 30.3 Å². The van der Waals surface area contributed by atoms with Gasteiger partial charge in [-0.05, 0) is 54.8 Å². The van der Waals surface area contributed by atoms with Crippen LogP contribution in [-0.4, -0.2) is 56.7 Å². The summed E-state index contributed by atoms with van der Waals surface area (Å²) in [6.07, 6.45) is 0.488. The number of benzene rings is 1. The number of nitrogens with one attached hydrogen (secondary N) is 1. The third-order valence-corrected chi connectivity index (χ3v) is 19.1. The molecule has 0 unspecified atom stereocenters. The maximum atomic E-state index is 13.2. The van der Waals surface area contributed by atoms with Gasteiger partial charge in [0.25, 0.3) is 5.56 Å². The van der Waals surface area contributed by atoms with E-state index in [0.29, 0.717) is 24.3 Å². The molecule has 0 radical (unpaired) electrons. The Hall–Kier alpha value is -1.48. The van der Waals surface area contributed by atoms with Crippen LogP contribution in [0.3, 0.4) is 0 Å². The first kappa shape index (κ1) is 34.0. The molecule has 0 aliphatic carbocycles. The summed E-state index contributed by atoms with van der Waals surface area (Å²) in [5.74, 6) is 0.0964. The van der Waals surface area contributed by atoms with Gasteiger partial charge in [0.15, 0.2) is 16.6 Å². The number of hydrogen-bond donors (Lipinski definition) is 2. The van der Waals surface area contributed by atoms with Crippen LogP contribution in [0.4, 0.5) is 0 Å². The van der Waals surface area contributed by atoms with Crippen LogP contribution < -0.4 is 11.2 Å². The molecule has 1 aromatic heterocycles. The molecule has 1 aliphatic heterocycles. The van der Waals surface area contributed by atoms with Gasteiger partial charge in [0.2, 0.25) is 0 Å². The number of H-pyrrole nitrogens is 1. The number of aromatic amines is 1. The van der Waals surface area contributed by atoms with Crippen LogP contribution in [0.25, 0.3) is 0 Å². The van der Waals surface area contributed by atoms with Crippen LogP contribution >= 0.6 is 11.8 Å². The number of aliphatic hydroxyl groups excluding tert-OH is 1. The highest BCUT2D eigenvalue weighted by Gasteiger charge is 2.51. The highest BCUT2D eigenvalue weighted by molar-refractivity contribution is 7.98. The standard InChI is InChI=1S/C30H50N2O6SSi2/c1-29(2,3)40(7,8)36-19-24-25(38-41(9,10)30(4,5)6)23(16-17-33)27(37-24)32-18-21(26(34)31-28(32)35)20-39-22-14-12-11-13-15-22/h11-15,18,23-25,27,33H,16-17,19-20H2,1-10H3,(H,31,34,35)/t23-,24+,25-,27+/m0/s1. The molecule has 3 rings (SSSR count). The first-order valence-electron chi connectivity index (χ1n) is 14.5. The zero-order chi connectivity index (χ0) is 30.8. The first-order valence-corrected chi connectivity index (χ1v) is 21.3. The molecule has 41 heavy (non-hydrogen) atoms. The molecule has 11 heteroatoms. The van der Waals surface area contributed by atoms with Crippen molar-refractivity contribution in [2.24, 2.45) is 5.92 Å². The van der Waals surface area contributed by atoms with E-state index in [1.165, 1.54) is 16.3 Å². The lowest BCUT2D eigenvalue weighted by molar-refractivity contribution is -0.0449. The van der Waals surface area contributed by atoms with Crippen LogP contribution in [0.1, 0.15) is 59.8 Å². The largest absolute Gasteiger partial charge is 0.414 e. The molecule has 0 spiro atoms. The van der Waals surface area contributed by atoms with Gasteiger partial charge in [-0.15, -0.1) is 11.8 Å². The van der Waals surface area contributed by atoms with Gasteiger partial charge in [-0.25, -0.2) is 4.79 Å². The SMILES string of the molecule is CC(C)(C)[Si](C)(C)OC[C@H]1O[C@@H](n2cc(CSc3ccccc3)c(=O)[nH]c2=O)[C@@H](CCO)[C@@H]1O[Si](C)(C)C(C)(C)C. The van der Waals surface area contributed by atoms with Crippen LogP contribution in [0.2, 0.25) is 36.3 Å². The average molecular weight is 623 g/mol. The quantitative estimate of drug-likeness (QED) is 0.229. The van der Waals surface area contributed by atoms with Gasteiger partial charge in [0, 0.05) is 34.9 Å². The summed E-state index contributed by atoms with van der Waals surface area (Å²) in [4.78, 5) is 29.5. The Balaban J connectivity index is 2.00. The highest BCUT2D eigenvalue weighted by Crippen LogP contribution is 2.45. The minimum Gasteiger partial charge on any atom is -0.414 e. The van der Waals surface area contributed by atoms with Crippen molar-refractivity contribution in [3.05, 3.63) is 62.9 Å². The third-order valence-electron chi connectivity index (χ3n) is 9.04. The van der Waals surface area contributed by atoms with Crippen molar-refractivity contribution in [1.82, 2.24) is 9.55 Å². The van der Waals surface area contributed by atoms with Gasteiger partial charge in [-0.3, -0.25) is 14.3 Å². The second-order valence-electron chi connectivity index (χ2n) is 14.1. The molecular formula is C30H50N2O6SSi2. The number of rotatable bonds is 11. The highest BCUT2D eigenvalue weighted by atomic mass is 32.2. The Morgan fingerprint density at radius 3 is 2.17 bits per heavy atom. The summed E-state index contributed by atoms with van der Waals surface area (Å²) in [7, 11) is -4.36. The molecule has 2 N–H and O–H groups in total. The van der Waals surface area contributed by atoms with Gasteiger partial charge in [0.05, 0.1) is 12.7 Å². The minimum absolute atomic E-state index is 0.0203. The van der Waals surface area contributed by atoms with Crippen molar-refractivity contribution in [3.63, 3.8) is 0 Å². The fraction of sp³-hybridized carbons (Fsp3) is 0.667. The maximum Gasteiger partial charge on any atom is 0.330 e. The van der Waals surface area contributed by atoms with E-state index in [1.54, 1.807) is 6.20 Å². The summed E-state index contributed by atoms with van der Waals surface area (Å²) in [5, 5.41) is 10.1. The lowest BCUT2D eigenvalue weighted by atomic mass is 9.96. The van der Waals surface area contributed by atoms with Crippen molar-refractivity contribution in [1.29, 1.82) is 0 Å². The van der Waals surface area contributed by atoms with Gasteiger partial charge in [-0.1, -0.05) is 59.7 Å². The monoisotopic (exact) mass is 622 g/mol. The molecule has 0 amide bonds. The molecule has 4 atom stereocenters. The molecule has 1 aromatic carbocycles. The van der Waals surface area contributed by atoms with Crippen LogP contribution in [0, 0.1) is 5.92 Å². The zero-order valence-corrected chi connectivity index (χ0v) is 29.3. The van der Waals surface area contributed by atoms with E-state index in [0.717, 1.165) is 4.90 Å². The molecule has 1 fully saturated rings. The molecule has 8 nitrogen and oxygen atoms in total. The Morgan fingerprint density at radius 2 is 1.61 bits per heavy atom. The predicted molar refractivity (Wildman–Crippen MR) is 172 cm³/mol. The van der Waals surface area contributed by atoms with Crippen molar-refractivity contribution in [2.45, 2.75) is 113 Å². The second kappa shape index (κ2) is 13.0. The normalized spacial score (nSPS) is 22.3. The summed E-state index contributed by atoms with van der Waals surface area (Å²) < 4.78 is 21.7. The van der Waals surface area contributed by atoms with Crippen molar-refractivity contribution in [3.8, 4) is 0 Å². The predicted octanol–water partition coefficient (Wildman–Crippen LogP) is 6.14. The van der Waals surface area contributed by atoms with Crippen molar-refractivity contribution in [2.75, 3.05) is 13.2 Å². The van der Waals surface area contributed by atoms with Gasteiger partial charge in [0.1, 0.15) is 12.3 Å². The van der Waals surface area contributed by atoms with E-state index in [4.69, 9.17) is 13.6 Å². The second-order valence-corrected chi connectivity index (χ2v) is 24.7. The van der Waals surface area contributed by atoms with Crippen molar-refractivity contribution >= 4 is 28.4 Å². The van der Waals surface area contributed by atoms with Crippen molar-refractivity contribution < 1.29 is 18.7 Å². The Bertz CT molecular complexity index is 1270. The van der Waals surface area contributed by atoms with Gasteiger partial charge >= 0.3 is 5.69 Å².